The van der Waals surface area contributed by atoms with Crippen LogP contribution in [-0.2, 0) is 0 Å². The highest BCUT2D eigenvalue weighted by Crippen LogP contribution is 2.16. The number of amides is 1. The summed E-state index contributed by atoms with van der Waals surface area (Å²) in [6.07, 6.45) is 2.92. The number of hydrogen-bond acceptors (Lipinski definition) is 2. The number of rotatable bonds is 2. The van der Waals surface area contributed by atoms with E-state index in [0.29, 0.717) is 18.7 Å². The van der Waals surface area contributed by atoms with Gasteiger partial charge in [-0.2, -0.15) is 0 Å². The number of carboxylic acid groups (broad SMARTS) is 1. The Morgan fingerprint density at radius 3 is 2.42 bits per heavy atom. The van der Waals surface area contributed by atoms with E-state index in [4.69, 9.17) is 5.11 Å². The zero-order valence-corrected chi connectivity index (χ0v) is 11.1. The number of aryl methyl sites for hydroxylation is 1. The largest absolute Gasteiger partial charge is 0.478 e. The third kappa shape index (κ3) is 3.02. The summed E-state index contributed by atoms with van der Waals surface area (Å²) in [5.74, 6) is -1.11. The highest BCUT2D eigenvalue weighted by atomic mass is 16.4. The molecule has 1 aliphatic rings. The summed E-state index contributed by atoms with van der Waals surface area (Å²) >= 11 is 0. The minimum absolute atomic E-state index is 0.102. The van der Waals surface area contributed by atoms with E-state index in [0.717, 1.165) is 12.0 Å². The summed E-state index contributed by atoms with van der Waals surface area (Å²) < 4.78 is 0. The molecule has 0 aliphatic carbocycles. The molecular weight excluding hydrogens is 242 g/mol. The van der Waals surface area contributed by atoms with Crippen LogP contribution in [0, 0.1) is 6.92 Å². The maximum atomic E-state index is 12.3. The highest BCUT2D eigenvalue weighted by Gasteiger charge is 2.19. The molecule has 19 heavy (non-hydrogen) atoms. The van der Waals surface area contributed by atoms with E-state index < -0.39 is 5.97 Å². The molecule has 0 spiro atoms. The molecule has 4 heteroatoms. The molecule has 0 radical (unpaired) electrons. The average Bonchev–Trinajstić information content (AvgIpc) is 2.38. The fourth-order valence-electron chi connectivity index (χ4n) is 2.17. The normalized spacial score (nSPS) is 15.1. The van der Waals surface area contributed by atoms with Crippen LogP contribution in [0.2, 0.25) is 0 Å². The van der Waals surface area contributed by atoms with Gasteiger partial charge in [-0.05, 0) is 44.0 Å². The first-order valence-corrected chi connectivity index (χ1v) is 6.27. The van der Waals surface area contributed by atoms with Gasteiger partial charge in [-0.3, -0.25) is 4.79 Å². The molecule has 1 aromatic rings. The summed E-state index contributed by atoms with van der Waals surface area (Å²) in [7, 11) is 0. The van der Waals surface area contributed by atoms with Crippen molar-refractivity contribution in [3.8, 4) is 0 Å². The van der Waals surface area contributed by atoms with Gasteiger partial charge in [-0.15, -0.1) is 0 Å². The second-order valence-electron chi connectivity index (χ2n) is 4.94. The molecule has 100 valence electrons. The quantitative estimate of drug-likeness (QED) is 0.830. The Kier molecular flexibility index (Phi) is 3.69. The zero-order chi connectivity index (χ0) is 14.0. The fraction of sp³-hybridized carbons (Fsp3) is 0.333. The third-order valence-electron chi connectivity index (χ3n) is 3.29. The average molecular weight is 259 g/mol. The van der Waals surface area contributed by atoms with Gasteiger partial charge in [0.1, 0.15) is 0 Å². The Balaban J connectivity index is 2.26. The Hall–Kier alpha value is -2.10. The van der Waals surface area contributed by atoms with Crippen LogP contribution in [0.5, 0.6) is 0 Å². The van der Waals surface area contributed by atoms with E-state index in [1.807, 2.05) is 6.08 Å². The van der Waals surface area contributed by atoms with Crippen molar-refractivity contribution in [2.45, 2.75) is 20.3 Å². The SMILES string of the molecule is CC1=CCN(C(=O)c2cc(C)cc(C(=O)O)c2)CC1. The second-order valence-corrected chi connectivity index (χ2v) is 4.94. The van der Waals surface area contributed by atoms with Crippen LogP contribution in [0.25, 0.3) is 0 Å². The maximum absolute atomic E-state index is 12.3. The number of carbonyl (C=O) groups excluding carboxylic acids is 1. The molecule has 4 nitrogen and oxygen atoms in total. The molecule has 0 fully saturated rings. The van der Waals surface area contributed by atoms with Gasteiger partial charge in [-0.25, -0.2) is 4.79 Å². The van der Waals surface area contributed by atoms with E-state index in [1.165, 1.54) is 11.6 Å². The molecule has 0 saturated heterocycles. The van der Waals surface area contributed by atoms with Gasteiger partial charge in [0.2, 0.25) is 0 Å². The minimum Gasteiger partial charge on any atom is -0.478 e. The molecule has 0 saturated carbocycles. The Labute approximate surface area is 112 Å². The summed E-state index contributed by atoms with van der Waals surface area (Å²) in [5.41, 5.74) is 2.68. The summed E-state index contributed by atoms with van der Waals surface area (Å²) in [6.45, 7) is 5.14. The van der Waals surface area contributed by atoms with E-state index >= 15 is 0 Å². The van der Waals surface area contributed by atoms with Crippen LogP contribution in [0.15, 0.2) is 29.8 Å². The van der Waals surface area contributed by atoms with Crippen molar-refractivity contribution in [2.24, 2.45) is 0 Å². The zero-order valence-electron chi connectivity index (χ0n) is 11.1. The predicted octanol–water partition coefficient (Wildman–Crippen LogP) is 2.49. The van der Waals surface area contributed by atoms with Gasteiger partial charge in [0, 0.05) is 18.7 Å². The lowest BCUT2D eigenvalue weighted by Gasteiger charge is -2.25. The van der Waals surface area contributed by atoms with Crippen LogP contribution in [-0.4, -0.2) is 35.0 Å². The third-order valence-corrected chi connectivity index (χ3v) is 3.29. The minimum atomic E-state index is -1.01. The van der Waals surface area contributed by atoms with Crippen LogP contribution < -0.4 is 0 Å². The molecule has 1 heterocycles. The monoisotopic (exact) mass is 259 g/mol. The smallest absolute Gasteiger partial charge is 0.335 e. The fourth-order valence-corrected chi connectivity index (χ4v) is 2.17. The molecule has 0 aromatic heterocycles. The number of hydrogen-bond donors (Lipinski definition) is 1. The van der Waals surface area contributed by atoms with Crippen molar-refractivity contribution in [1.82, 2.24) is 4.90 Å². The van der Waals surface area contributed by atoms with Gasteiger partial charge in [0.25, 0.3) is 5.91 Å². The second kappa shape index (κ2) is 5.26. The number of nitrogens with zero attached hydrogens (tertiary/aromatic N) is 1. The number of carboxylic acids is 1. The maximum Gasteiger partial charge on any atom is 0.335 e. The first-order valence-electron chi connectivity index (χ1n) is 6.27. The number of carbonyl (C=O) groups is 2. The molecule has 2 rings (SSSR count). The van der Waals surface area contributed by atoms with Gasteiger partial charge < -0.3 is 10.0 Å². The van der Waals surface area contributed by atoms with Crippen molar-refractivity contribution >= 4 is 11.9 Å². The van der Waals surface area contributed by atoms with Crippen molar-refractivity contribution < 1.29 is 14.7 Å². The lowest BCUT2D eigenvalue weighted by atomic mass is 10.0. The standard InChI is InChI=1S/C15H17NO3/c1-10-3-5-16(6-4-10)14(17)12-7-11(2)8-13(9-12)15(18)19/h3,7-9H,4-6H2,1-2H3,(H,18,19). The lowest BCUT2D eigenvalue weighted by molar-refractivity contribution is 0.0696. The van der Waals surface area contributed by atoms with E-state index in [9.17, 15) is 9.59 Å². The van der Waals surface area contributed by atoms with Crippen molar-refractivity contribution in [3.05, 3.63) is 46.5 Å². The van der Waals surface area contributed by atoms with Crippen LogP contribution >= 0.6 is 0 Å². The molecule has 1 aromatic carbocycles. The molecule has 1 aliphatic heterocycles. The van der Waals surface area contributed by atoms with E-state index in [2.05, 4.69) is 6.92 Å². The summed E-state index contributed by atoms with van der Waals surface area (Å²) in [6, 6.07) is 4.75. The first kappa shape index (κ1) is 13.3. The Bertz CT molecular complexity index is 561. The van der Waals surface area contributed by atoms with Gasteiger partial charge in [0.15, 0.2) is 0 Å². The molecule has 0 bridgehead atoms. The summed E-state index contributed by atoms with van der Waals surface area (Å²) in [5, 5.41) is 9.03. The Morgan fingerprint density at radius 1 is 1.16 bits per heavy atom. The highest BCUT2D eigenvalue weighted by molar-refractivity contribution is 5.98. The number of aromatic carboxylic acids is 1. The number of benzene rings is 1. The van der Waals surface area contributed by atoms with E-state index in [1.54, 1.807) is 24.0 Å². The molecule has 0 unspecified atom stereocenters. The van der Waals surface area contributed by atoms with Gasteiger partial charge in [0.05, 0.1) is 5.56 Å². The van der Waals surface area contributed by atoms with Crippen LogP contribution in [0.1, 0.15) is 39.6 Å². The van der Waals surface area contributed by atoms with Crippen LogP contribution in [0.4, 0.5) is 0 Å². The van der Waals surface area contributed by atoms with E-state index in [-0.39, 0.29) is 11.5 Å². The molecule has 1 amide bonds. The lowest BCUT2D eigenvalue weighted by Crippen LogP contribution is -2.34. The topological polar surface area (TPSA) is 57.6 Å². The van der Waals surface area contributed by atoms with Crippen LogP contribution in [0.3, 0.4) is 0 Å². The van der Waals surface area contributed by atoms with Crippen molar-refractivity contribution in [3.63, 3.8) is 0 Å². The molecule has 0 atom stereocenters. The van der Waals surface area contributed by atoms with Gasteiger partial charge >= 0.3 is 5.97 Å². The molecule has 1 N–H and O–H groups in total. The first-order chi connectivity index (χ1) is 8.97. The predicted molar refractivity (Wildman–Crippen MR) is 72.4 cm³/mol. The summed E-state index contributed by atoms with van der Waals surface area (Å²) in [4.78, 5) is 25.1. The molecular formula is C15H17NO3. The van der Waals surface area contributed by atoms with Crippen molar-refractivity contribution in [2.75, 3.05) is 13.1 Å². The Morgan fingerprint density at radius 2 is 1.84 bits per heavy atom. The van der Waals surface area contributed by atoms with Crippen molar-refractivity contribution in [1.29, 1.82) is 0 Å². The van der Waals surface area contributed by atoms with Gasteiger partial charge in [-0.1, -0.05) is 11.6 Å².